The first-order valence-corrected chi connectivity index (χ1v) is 5.70. The van der Waals surface area contributed by atoms with E-state index in [-0.39, 0.29) is 23.7 Å². The van der Waals surface area contributed by atoms with E-state index in [1.807, 2.05) is 34.6 Å². The maximum absolute atomic E-state index is 11.2. The maximum Gasteiger partial charge on any atom is 0.407 e. The van der Waals surface area contributed by atoms with Crippen molar-refractivity contribution in [2.24, 2.45) is 5.41 Å². The summed E-state index contributed by atoms with van der Waals surface area (Å²) in [5, 5.41) is 2.79. The van der Waals surface area contributed by atoms with Gasteiger partial charge in [0, 0.05) is 6.04 Å². The van der Waals surface area contributed by atoms with E-state index in [1.165, 1.54) is 0 Å². The summed E-state index contributed by atoms with van der Waals surface area (Å²) in [4.78, 5) is 11.2. The van der Waals surface area contributed by atoms with E-state index in [1.54, 1.807) is 0 Å². The Morgan fingerprint density at radius 3 is 1.80 bits per heavy atom. The van der Waals surface area contributed by atoms with Crippen molar-refractivity contribution in [2.45, 2.75) is 67.5 Å². The first-order valence-electron chi connectivity index (χ1n) is 5.70. The third-order valence-corrected chi connectivity index (χ3v) is 1.98. The normalized spacial score (nSPS) is 12.6. The van der Waals surface area contributed by atoms with Crippen molar-refractivity contribution < 1.29 is 9.53 Å². The second-order valence-electron chi connectivity index (χ2n) is 4.69. The molecule has 92 valence electrons. The maximum atomic E-state index is 11.2. The van der Waals surface area contributed by atoms with Gasteiger partial charge in [0.2, 0.25) is 0 Å². The minimum atomic E-state index is -0.336. The zero-order chi connectivity index (χ0) is 12.6. The summed E-state index contributed by atoms with van der Waals surface area (Å²) in [6.07, 6.45) is -0.399. The lowest BCUT2D eigenvalue weighted by Gasteiger charge is -2.27. The Morgan fingerprint density at radius 2 is 1.53 bits per heavy atom. The molecule has 0 aromatic carbocycles. The van der Waals surface area contributed by atoms with Crippen LogP contribution < -0.4 is 5.32 Å². The molecule has 3 nitrogen and oxygen atoms in total. The van der Waals surface area contributed by atoms with Crippen LogP contribution in [0.2, 0.25) is 0 Å². The minimum absolute atomic E-state index is 0.0628. The van der Waals surface area contributed by atoms with Crippen LogP contribution in [0.5, 0.6) is 0 Å². The fraction of sp³-hybridized carbons (Fsp3) is 0.917. The van der Waals surface area contributed by atoms with Crippen molar-refractivity contribution in [3.63, 3.8) is 0 Å². The molecule has 0 radical (unpaired) electrons. The summed E-state index contributed by atoms with van der Waals surface area (Å²) >= 11 is 0. The molecule has 15 heavy (non-hydrogen) atoms. The topological polar surface area (TPSA) is 38.3 Å². The Hall–Kier alpha value is -0.730. The van der Waals surface area contributed by atoms with Crippen LogP contribution in [-0.2, 0) is 4.74 Å². The molecule has 0 heterocycles. The average molecular weight is 217 g/mol. The Labute approximate surface area is 94.6 Å². The Kier molecular flexibility index (Phi) is 8.40. The summed E-state index contributed by atoms with van der Waals surface area (Å²) in [7, 11) is 0. The van der Waals surface area contributed by atoms with E-state index in [2.05, 4.69) is 26.1 Å². The average Bonchev–Trinajstić information content (AvgIpc) is 2.04. The summed E-state index contributed by atoms with van der Waals surface area (Å²) in [5.41, 5.74) is 0.0655. The van der Waals surface area contributed by atoms with E-state index in [0.717, 1.165) is 0 Å². The molecule has 0 aliphatic rings. The lowest BCUT2D eigenvalue weighted by molar-refractivity contribution is 0.106. The third-order valence-electron chi connectivity index (χ3n) is 1.98. The van der Waals surface area contributed by atoms with Gasteiger partial charge in [0.15, 0.2) is 0 Å². The van der Waals surface area contributed by atoms with Crippen LogP contribution in [0.1, 0.15) is 55.4 Å². The summed E-state index contributed by atoms with van der Waals surface area (Å²) in [6, 6.07) is 0.110. The Bertz CT molecular complexity index is 171. The summed E-state index contributed by atoms with van der Waals surface area (Å²) < 4.78 is 4.97. The highest BCUT2D eigenvalue weighted by molar-refractivity contribution is 5.67. The van der Waals surface area contributed by atoms with Crippen molar-refractivity contribution in [2.75, 3.05) is 0 Å². The van der Waals surface area contributed by atoms with Crippen LogP contribution in [0.15, 0.2) is 0 Å². The third kappa shape index (κ3) is 9.57. The van der Waals surface area contributed by atoms with Crippen molar-refractivity contribution in [3.05, 3.63) is 0 Å². The SMILES string of the molecule is CC.CC(C)OC(=O)NC(C)C(C)(C)C. The molecular formula is C12H27NO2. The van der Waals surface area contributed by atoms with Gasteiger partial charge in [-0.2, -0.15) is 0 Å². The zero-order valence-corrected chi connectivity index (χ0v) is 11.5. The predicted octanol–water partition coefficient (Wildman–Crippen LogP) is 3.58. The quantitative estimate of drug-likeness (QED) is 0.767. The van der Waals surface area contributed by atoms with Gasteiger partial charge in [-0.25, -0.2) is 4.79 Å². The number of hydrogen-bond donors (Lipinski definition) is 1. The number of carbonyl (C=O) groups excluding carboxylic acids is 1. The zero-order valence-electron chi connectivity index (χ0n) is 11.5. The van der Waals surface area contributed by atoms with Crippen LogP contribution in [0.4, 0.5) is 4.79 Å². The second kappa shape index (κ2) is 7.55. The fourth-order valence-electron chi connectivity index (χ4n) is 0.641. The van der Waals surface area contributed by atoms with Gasteiger partial charge in [-0.15, -0.1) is 0 Å². The number of alkyl carbamates (subject to hydrolysis) is 1. The number of nitrogens with one attached hydrogen (secondary N) is 1. The molecule has 0 spiro atoms. The Balaban J connectivity index is 0. The molecule has 0 saturated carbocycles. The predicted molar refractivity (Wildman–Crippen MR) is 65.0 cm³/mol. The van der Waals surface area contributed by atoms with Gasteiger partial charge < -0.3 is 10.1 Å². The molecule has 1 atom stereocenters. The first-order chi connectivity index (χ1) is 6.73. The highest BCUT2D eigenvalue weighted by Crippen LogP contribution is 2.18. The highest BCUT2D eigenvalue weighted by Gasteiger charge is 2.22. The van der Waals surface area contributed by atoms with Crippen LogP contribution in [0.25, 0.3) is 0 Å². The molecule has 1 unspecified atom stereocenters. The van der Waals surface area contributed by atoms with Gasteiger partial charge in [-0.1, -0.05) is 34.6 Å². The summed E-state index contributed by atoms with van der Waals surface area (Å²) in [5.74, 6) is 0. The lowest BCUT2D eigenvalue weighted by Crippen LogP contribution is -2.42. The molecule has 0 rings (SSSR count). The van der Waals surface area contributed by atoms with Crippen molar-refractivity contribution >= 4 is 6.09 Å². The Morgan fingerprint density at radius 1 is 1.13 bits per heavy atom. The van der Waals surface area contributed by atoms with E-state index in [0.29, 0.717) is 0 Å². The molecule has 1 N–H and O–H groups in total. The molecule has 0 fully saturated rings. The van der Waals surface area contributed by atoms with Gasteiger partial charge in [-0.05, 0) is 26.2 Å². The molecule has 0 aliphatic heterocycles. The van der Waals surface area contributed by atoms with Crippen LogP contribution in [0, 0.1) is 5.41 Å². The highest BCUT2D eigenvalue weighted by atomic mass is 16.6. The number of ether oxygens (including phenoxy) is 1. The molecule has 3 heteroatoms. The molecule has 0 aliphatic carbocycles. The molecule has 1 amide bonds. The van der Waals surface area contributed by atoms with Crippen molar-refractivity contribution in [1.29, 1.82) is 0 Å². The minimum Gasteiger partial charge on any atom is -0.447 e. The van der Waals surface area contributed by atoms with E-state index in [4.69, 9.17) is 4.74 Å². The largest absolute Gasteiger partial charge is 0.447 e. The second-order valence-corrected chi connectivity index (χ2v) is 4.69. The lowest BCUT2D eigenvalue weighted by atomic mass is 9.88. The first kappa shape index (κ1) is 16.7. The van der Waals surface area contributed by atoms with Gasteiger partial charge >= 0.3 is 6.09 Å². The van der Waals surface area contributed by atoms with Crippen LogP contribution in [0.3, 0.4) is 0 Å². The van der Waals surface area contributed by atoms with Gasteiger partial charge in [0.25, 0.3) is 0 Å². The smallest absolute Gasteiger partial charge is 0.407 e. The fourth-order valence-corrected chi connectivity index (χ4v) is 0.641. The molecular weight excluding hydrogens is 190 g/mol. The summed E-state index contributed by atoms with van der Waals surface area (Å²) in [6.45, 7) is 15.9. The van der Waals surface area contributed by atoms with Gasteiger partial charge in [0.05, 0.1) is 6.10 Å². The molecule has 0 saturated heterocycles. The number of hydrogen-bond acceptors (Lipinski definition) is 2. The monoisotopic (exact) mass is 217 g/mol. The standard InChI is InChI=1S/C10H21NO2.C2H6/c1-7(2)13-9(12)11-8(3)10(4,5)6;1-2/h7-8H,1-6H3,(H,11,12);1-2H3. The van der Waals surface area contributed by atoms with Gasteiger partial charge in [-0.3, -0.25) is 0 Å². The van der Waals surface area contributed by atoms with Crippen LogP contribution >= 0.6 is 0 Å². The molecule has 0 aromatic rings. The van der Waals surface area contributed by atoms with E-state index >= 15 is 0 Å². The van der Waals surface area contributed by atoms with Crippen molar-refractivity contribution in [3.8, 4) is 0 Å². The molecule has 0 bridgehead atoms. The van der Waals surface area contributed by atoms with E-state index in [9.17, 15) is 4.79 Å². The number of rotatable bonds is 2. The number of carbonyl (C=O) groups is 1. The van der Waals surface area contributed by atoms with Crippen molar-refractivity contribution in [1.82, 2.24) is 5.32 Å². The van der Waals surface area contributed by atoms with E-state index < -0.39 is 0 Å². The van der Waals surface area contributed by atoms with Crippen LogP contribution in [-0.4, -0.2) is 18.2 Å². The van der Waals surface area contributed by atoms with Gasteiger partial charge in [0.1, 0.15) is 0 Å². The molecule has 0 aromatic heterocycles. The number of amides is 1.